The third-order valence-electron chi connectivity index (χ3n) is 3.80. The van der Waals surface area contributed by atoms with E-state index in [0.29, 0.717) is 19.4 Å². The Hall–Kier alpha value is -2.91. The number of carbonyl (C=O) groups excluding carboxylic acids is 1. The normalized spacial score (nSPS) is 17.5. The van der Waals surface area contributed by atoms with Gasteiger partial charge in [-0.3, -0.25) is 9.80 Å². The Kier molecular flexibility index (Phi) is 5.63. The van der Waals surface area contributed by atoms with Crippen molar-refractivity contribution in [2.75, 3.05) is 11.4 Å². The summed E-state index contributed by atoms with van der Waals surface area (Å²) in [5, 5.41) is 20.3. The first kappa shape index (κ1) is 19.4. The molecule has 10 nitrogen and oxygen atoms in total. The predicted molar refractivity (Wildman–Crippen MR) is 92.0 cm³/mol. The van der Waals surface area contributed by atoms with Crippen molar-refractivity contribution in [1.29, 1.82) is 0 Å². The lowest BCUT2D eigenvalue weighted by Crippen LogP contribution is -2.56. The number of aromatic nitrogens is 1. The molecule has 10 heteroatoms. The van der Waals surface area contributed by atoms with Crippen LogP contribution in [0.1, 0.15) is 40.0 Å². The van der Waals surface area contributed by atoms with Crippen molar-refractivity contribution >= 4 is 23.7 Å². The van der Waals surface area contributed by atoms with E-state index in [9.17, 15) is 24.8 Å². The number of hydrogen-bond donors (Lipinski definition) is 1. The molecule has 2 amide bonds. The highest BCUT2D eigenvalue weighted by atomic mass is 16.6. The van der Waals surface area contributed by atoms with E-state index in [2.05, 4.69) is 4.98 Å². The molecule has 1 unspecified atom stereocenters. The fourth-order valence-corrected chi connectivity index (χ4v) is 2.74. The number of ether oxygens (including phenoxy) is 1. The molecule has 1 saturated heterocycles. The zero-order valence-corrected chi connectivity index (χ0v) is 14.9. The summed E-state index contributed by atoms with van der Waals surface area (Å²) in [6, 6.07) is 2.53. The second kappa shape index (κ2) is 7.54. The number of pyridine rings is 1. The zero-order valence-electron chi connectivity index (χ0n) is 14.9. The van der Waals surface area contributed by atoms with E-state index in [1.807, 2.05) is 0 Å². The molecule has 142 valence electrons. The molecule has 1 N–H and O–H groups in total. The van der Waals surface area contributed by atoms with Crippen LogP contribution in [-0.4, -0.2) is 50.4 Å². The van der Waals surface area contributed by atoms with E-state index >= 15 is 0 Å². The minimum Gasteiger partial charge on any atom is -0.465 e. The number of nitro groups is 1. The number of carboxylic acid groups (broad SMARTS) is 1. The summed E-state index contributed by atoms with van der Waals surface area (Å²) >= 11 is 0. The Morgan fingerprint density at radius 1 is 1.38 bits per heavy atom. The van der Waals surface area contributed by atoms with E-state index in [1.54, 1.807) is 20.8 Å². The molecule has 0 aliphatic carbocycles. The molecule has 0 spiro atoms. The van der Waals surface area contributed by atoms with Gasteiger partial charge in [-0.2, -0.15) is 0 Å². The Morgan fingerprint density at radius 3 is 2.58 bits per heavy atom. The molecule has 2 rings (SSSR count). The highest BCUT2D eigenvalue weighted by molar-refractivity contribution is 5.89. The van der Waals surface area contributed by atoms with Crippen LogP contribution < -0.4 is 4.90 Å². The van der Waals surface area contributed by atoms with Crippen molar-refractivity contribution in [1.82, 2.24) is 9.88 Å². The van der Waals surface area contributed by atoms with Crippen LogP contribution in [0.2, 0.25) is 0 Å². The lowest BCUT2D eigenvalue weighted by atomic mass is 10.1. The number of amides is 2. The standard InChI is InChI=1S/C16H22N4O6/c1-16(2,3)26-15(23)19(11-7-8-12(17-10-11)20(24)25)13-6-4-5-9-18(13)14(21)22/h7-8,10,13H,4-6,9H2,1-3H3,(H,21,22). The summed E-state index contributed by atoms with van der Waals surface area (Å²) < 4.78 is 5.42. The van der Waals surface area contributed by atoms with Crippen LogP contribution in [0, 0.1) is 10.1 Å². The van der Waals surface area contributed by atoms with Crippen LogP contribution in [0.5, 0.6) is 0 Å². The maximum absolute atomic E-state index is 12.8. The van der Waals surface area contributed by atoms with Gasteiger partial charge < -0.3 is 20.0 Å². The van der Waals surface area contributed by atoms with Gasteiger partial charge in [-0.05, 0) is 56.0 Å². The van der Waals surface area contributed by atoms with Crippen LogP contribution in [0.4, 0.5) is 21.1 Å². The molecule has 1 aromatic heterocycles. The molecule has 1 atom stereocenters. The average molecular weight is 366 g/mol. The number of carbonyl (C=O) groups is 2. The van der Waals surface area contributed by atoms with E-state index in [-0.39, 0.29) is 11.5 Å². The molecular formula is C16H22N4O6. The number of nitrogens with zero attached hydrogens (tertiary/aromatic N) is 4. The fraction of sp³-hybridized carbons (Fsp3) is 0.562. The van der Waals surface area contributed by atoms with Gasteiger partial charge in [0, 0.05) is 12.6 Å². The molecule has 1 aliphatic heterocycles. The monoisotopic (exact) mass is 366 g/mol. The second-order valence-electron chi connectivity index (χ2n) is 6.93. The van der Waals surface area contributed by atoms with Crippen LogP contribution >= 0.6 is 0 Å². The Balaban J connectivity index is 2.42. The molecule has 0 aromatic carbocycles. The number of hydrogen-bond acceptors (Lipinski definition) is 6. The minimum absolute atomic E-state index is 0.239. The van der Waals surface area contributed by atoms with Gasteiger partial charge in [0.05, 0.1) is 5.69 Å². The maximum atomic E-state index is 12.8. The highest BCUT2D eigenvalue weighted by Gasteiger charge is 2.37. The van der Waals surface area contributed by atoms with Gasteiger partial charge in [-0.15, -0.1) is 0 Å². The molecule has 0 radical (unpaired) electrons. The van der Waals surface area contributed by atoms with Crippen LogP contribution in [0.15, 0.2) is 18.3 Å². The van der Waals surface area contributed by atoms with Crippen molar-refractivity contribution in [3.8, 4) is 0 Å². The van der Waals surface area contributed by atoms with Gasteiger partial charge in [-0.25, -0.2) is 9.59 Å². The Labute approximate surface area is 150 Å². The van der Waals surface area contributed by atoms with Crippen molar-refractivity contribution in [2.45, 2.75) is 51.8 Å². The average Bonchev–Trinajstić information content (AvgIpc) is 2.54. The summed E-state index contributed by atoms with van der Waals surface area (Å²) in [7, 11) is 0. The zero-order chi connectivity index (χ0) is 19.5. The summed E-state index contributed by atoms with van der Waals surface area (Å²) in [4.78, 5) is 40.6. The summed E-state index contributed by atoms with van der Waals surface area (Å²) in [5.74, 6) is -0.364. The third kappa shape index (κ3) is 4.58. The van der Waals surface area contributed by atoms with E-state index in [4.69, 9.17) is 4.74 Å². The van der Waals surface area contributed by atoms with Gasteiger partial charge in [0.1, 0.15) is 11.8 Å². The number of anilines is 1. The fourth-order valence-electron chi connectivity index (χ4n) is 2.74. The van der Waals surface area contributed by atoms with E-state index in [0.717, 1.165) is 6.42 Å². The Morgan fingerprint density at radius 2 is 2.08 bits per heavy atom. The van der Waals surface area contributed by atoms with Gasteiger partial charge in [0.2, 0.25) is 0 Å². The first-order valence-corrected chi connectivity index (χ1v) is 8.22. The summed E-state index contributed by atoms with van der Waals surface area (Å²) in [5.41, 5.74) is -0.547. The smallest absolute Gasteiger partial charge is 0.416 e. The summed E-state index contributed by atoms with van der Waals surface area (Å²) in [6.07, 6.45) is 0.417. The van der Waals surface area contributed by atoms with Crippen molar-refractivity contribution in [2.24, 2.45) is 0 Å². The van der Waals surface area contributed by atoms with Gasteiger partial charge >= 0.3 is 18.0 Å². The number of rotatable bonds is 3. The van der Waals surface area contributed by atoms with Crippen LogP contribution in [0.25, 0.3) is 0 Å². The topological polar surface area (TPSA) is 126 Å². The van der Waals surface area contributed by atoms with E-state index in [1.165, 1.54) is 28.1 Å². The lowest BCUT2D eigenvalue weighted by Gasteiger charge is -2.40. The number of likely N-dealkylation sites (tertiary alicyclic amines) is 1. The SMILES string of the molecule is CC(C)(C)OC(=O)N(c1ccc([N+](=O)[O-])nc1)C1CCCCN1C(=O)O. The maximum Gasteiger partial charge on any atom is 0.416 e. The van der Waals surface area contributed by atoms with Crippen LogP contribution in [0.3, 0.4) is 0 Å². The largest absolute Gasteiger partial charge is 0.465 e. The van der Waals surface area contributed by atoms with Gasteiger partial charge in [0.15, 0.2) is 6.20 Å². The number of piperidine rings is 1. The van der Waals surface area contributed by atoms with Crippen LogP contribution in [-0.2, 0) is 4.74 Å². The lowest BCUT2D eigenvalue weighted by molar-refractivity contribution is -0.389. The first-order valence-electron chi connectivity index (χ1n) is 8.22. The molecular weight excluding hydrogens is 344 g/mol. The van der Waals surface area contributed by atoms with Gasteiger partial charge in [0.25, 0.3) is 0 Å². The van der Waals surface area contributed by atoms with Gasteiger partial charge in [-0.1, -0.05) is 0 Å². The molecule has 1 aliphatic rings. The minimum atomic E-state index is -1.14. The highest BCUT2D eigenvalue weighted by Crippen LogP contribution is 2.28. The molecule has 1 fully saturated rings. The molecule has 0 saturated carbocycles. The quantitative estimate of drug-likeness (QED) is 0.643. The van der Waals surface area contributed by atoms with E-state index < -0.39 is 28.9 Å². The second-order valence-corrected chi connectivity index (χ2v) is 6.93. The first-order chi connectivity index (χ1) is 12.1. The molecule has 2 heterocycles. The summed E-state index contributed by atoms with van der Waals surface area (Å²) in [6.45, 7) is 5.40. The van der Waals surface area contributed by atoms with Crippen molar-refractivity contribution in [3.63, 3.8) is 0 Å². The van der Waals surface area contributed by atoms with Crippen molar-refractivity contribution in [3.05, 3.63) is 28.4 Å². The predicted octanol–water partition coefficient (Wildman–Crippen LogP) is 3.22. The Bertz CT molecular complexity index is 685. The molecule has 0 bridgehead atoms. The molecule has 1 aromatic rings. The molecule has 26 heavy (non-hydrogen) atoms. The third-order valence-corrected chi connectivity index (χ3v) is 3.80. The van der Waals surface area contributed by atoms with Crippen molar-refractivity contribution < 1.29 is 24.4 Å².